The monoisotopic (exact) mass is 274 g/mol. The molecule has 0 aliphatic carbocycles. The van der Waals surface area contributed by atoms with Crippen molar-refractivity contribution in [2.45, 2.75) is 5.92 Å². The minimum atomic E-state index is -3.24. The molecule has 1 N–H and O–H groups in total. The van der Waals surface area contributed by atoms with E-state index in [1.165, 1.54) is 10.6 Å². The normalized spacial score (nSPS) is 19.2. The van der Waals surface area contributed by atoms with Gasteiger partial charge in [0.15, 0.2) is 0 Å². The summed E-state index contributed by atoms with van der Waals surface area (Å²) in [5, 5.41) is 3.01. The molecule has 2 rings (SSSR count). The van der Waals surface area contributed by atoms with Crippen molar-refractivity contribution in [2.75, 3.05) is 35.4 Å². The maximum atomic E-state index is 11.7. The molecule has 0 spiro atoms. The van der Waals surface area contributed by atoms with E-state index in [1.54, 1.807) is 7.05 Å². The van der Waals surface area contributed by atoms with Crippen molar-refractivity contribution in [3.05, 3.63) is 23.8 Å². The molecular weight excluding hydrogens is 260 g/mol. The molecule has 0 amide bonds. The van der Waals surface area contributed by atoms with Gasteiger partial charge in [0.2, 0.25) is 10.0 Å². The summed E-state index contributed by atoms with van der Waals surface area (Å²) in [7, 11) is -1.43. The van der Waals surface area contributed by atoms with Crippen LogP contribution in [0.25, 0.3) is 0 Å². The number of fused-ring (bicyclic) bond motifs is 1. The van der Waals surface area contributed by atoms with E-state index >= 15 is 0 Å². The number of alkyl halides is 1. The summed E-state index contributed by atoms with van der Waals surface area (Å²) in [4.78, 5) is 0. The minimum absolute atomic E-state index is 0.0762. The summed E-state index contributed by atoms with van der Waals surface area (Å²) in [6.07, 6.45) is 1.22. The first kappa shape index (κ1) is 12.5. The number of benzene rings is 1. The summed E-state index contributed by atoms with van der Waals surface area (Å²) in [6, 6.07) is 5.73. The van der Waals surface area contributed by atoms with Crippen LogP contribution in [0, 0.1) is 0 Å². The molecule has 0 saturated heterocycles. The summed E-state index contributed by atoms with van der Waals surface area (Å²) in [5.74, 6) is 0.505. The first-order valence-electron chi connectivity index (χ1n) is 5.32. The summed E-state index contributed by atoms with van der Waals surface area (Å²) in [5.41, 5.74) is 2.64. The molecule has 0 radical (unpaired) electrons. The van der Waals surface area contributed by atoms with Gasteiger partial charge in [0.05, 0.1) is 11.9 Å². The molecule has 0 fully saturated rings. The predicted octanol–water partition coefficient (Wildman–Crippen LogP) is 1.83. The topological polar surface area (TPSA) is 49.4 Å². The molecule has 1 atom stereocenters. The van der Waals surface area contributed by atoms with E-state index in [0.29, 0.717) is 12.4 Å². The molecule has 1 aromatic carbocycles. The zero-order valence-corrected chi connectivity index (χ0v) is 11.3. The van der Waals surface area contributed by atoms with Crippen LogP contribution in [0.2, 0.25) is 0 Å². The molecule has 1 heterocycles. The van der Waals surface area contributed by atoms with Crippen LogP contribution in [0.5, 0.6) is 0 Å². The lowest BCUT2D eigenvalue weighted by Gasteiger charge is -2.17. The second-order valence-corrected chi connectivity index (χ2v) is 6.38. The Labute approximate surface area is 107 Å². The lowest BCUT2D eigenvalue weighted by atomic mass is 10.0. The maximum Gasteiger partial charge on any atom is 0.232 e. The molecule has 1 aromatic rings. The smallest absolute Gasteiger partial charge is 0.232 e. The molecule has 6 heteroatoms. The third-order valence-electron chi connectivity index (χ3n) is 3.00. The highest BCUT2D eigenvalue weighted by molar-refractivity contribution is 7.92. The van der Waals surface area contributed by atoms with Crippen LogP contribution in [0.1, 0.15) is 11.5 Å². The SMILES string of the molecule is CNc1ccc2c(c1)N(S(C)(=O)=O)CC2CCl. The van der Waals surface area contributed by atoms with E-state index in [0.717, 1.165) is 16.9 Å². The second-order valence-electron chi connectivity index (χ2n) is 4.17. The highest BCUT2D eigenvalue weighted by Gasteiger charge is 2.33. The van der Waals surface area contributed by atoms with E-state index in [1.807, 2.05) is 18.2 Å². The Morgan fingerprint density at radius 1 is 1.53 bits per heavy atom. The average Bonchev–Trinajstić information content (AvgIpc) is 2.66. The second kappa shape index (κ2) is 4.38. The Hall–Kier alpha value is -0.940. The van der Waals surface area contributed by atoms with Gasteiger partial charge in [0.1, 0.15) is 0 Å². The van der Waals surface area contributed by atoms with Crippen molar-refractivity contribution in [1.29, 1.82) is 0 Å². The molecule has 94 valence electrons. The number of nitrogens with zero attached hydrogens (tertiary/aromatic N) is 1. The van der Waals surface area contributed by atoms with E-state index in [-0.39, 0.29) is 5.92 Å². The molecule has 0 bridgehead atoms. The number of rotatable bonds is 3. The Kier molecular flexibility index (Phi) is 3.23. The van der Waals surface area contributed by atoms with Gasteiger partial charge in [-0.1, -0.05) is 6.07 Å². The van der Waals surface area contributed by atoms with Gasteiger partial charge in [0.25, 0.3) is 0 Å². The van der Waals surface area contributed by atoms with Crippen LogP contribution in [0.4, 0.5) is 11.4 Å². The van der Waals surface area contributed by atoms with Crippen LogP contribution in [-0.4, -0.2) is 34.1 Å². The van der Waals surface area contributed by atoms with Crippen LogP contribution in [-0.2, 0) is 10.0 Å². The molecule has 4 nitrogen and oxygen atoms in total. The number of halogens is 1. The fraction of sp³-hybridized carbons (Fsp3) is 0.455. The van der Waals surface area contributed by atoms with Crippen molar-refractivity contribution in [1.82, 2.24) is 0 Å². The van der Waals surface area contributed by atoms with Crippen molar-refractivity contribution < 1.29 is 8.42 Å². The van der Waals surface area contributed by atoms with Crippen LogP contribution < -0.4 is 9.62 Å². The lowest BCUT2D eigenvalue weighted by molar-refractivity contribution is 0.596. The zero-order chi connectivity index (χ0) is 12.6. The van der Waals surface area contributed by atoms with Gasteiger partial charge in [-0.05, 0) is 17.7 Å². The van der Waals surface area contributed by atoms with Crippen molar-refractivity contribution in [3.8, 4) is 0 Å². The summed E-state index contributed by atoms with van der Waals surface area (Å²) < 4.78 is 24.9. The van der Waals surface area contributed by atoms with E-state index in [2.05, 4.69) is 5.32 Å². The Bertz CT molecular complexity index is 530. The molecular formula is C11H15ClN2O2S. The van der Waals surface area contributed by atoms with Crippen molar-refractivity contribution >= 4 is 33.0 Å². The predicted molar refractivity (Wildman–Crippen MR) is 71.6 cm³/mol. The summed E-state index contributed by atoms with van der Waals surface area (Å²) >= 11 is 5.89. The largest absolute Gasteiger partial charge is 0.388 e. The van der Waals surface area contributed by atoms with Gasteiger partial charge in [0, 0.05) is 31.1 Å². The first-order valence-corrected chi connectivity index (χ1v) is 7.71. The molecule has 0 saturated carbocycles. The van der Waals surface area contributed by atoms with E-state index < -0.39 is 10.0 Å². The zero-order valence-electron chi connectivity index (χ0n) is 9.77. The maximum absolute atomic E-state index is 11.7. The number of anilines is 2. The van der Waals surface area contributed by atoms with Gasteiger partial charge in [-0.2, -0.15) is 0 Å². The molecule has 0 aromatic heterocycles. The van der Waals surface area contributed by atoms with Crippen LogP contribution in [0.3, 0.4) is 0 Å². The lowest BCUT2D eigenvalue weighted by Crippen LogP contribution is -2.28. The molecule has 1 aliphatic rings. The molecule has 1 unspecified atom stereocenters. The van der Waals surface area contributed by atoms with E-state index in [4.69, 9.17) is 11.6 Å². The molecule has 17 heavy (non-hydrogen) atoms. The Morgan fingerprint density at radius 3 is 2.76 bits per heavy atom. The van der Waals surface area contributed by atoms with Gasteiger partial charge < -0.3 is 5.32 Å². The Balaban J connectivity index is 2.53. The Morgan fingerprint density at radius 2 is 2.24 bits per heavy atom. The molecule has 1 aliphatic heterocycles. The van der Waals surface area contributed by atoms with Crippen molar-refractivity contribution in [2.24, 2.45) is 0 Å². The van der Waals surface area contributed by atoms with Gasteiger partial charge in [-0.3, -0.25) is 4.31 Å². The third kappa shape index (κ3) is 2.21. The van der Waals surface area contributed by atoms with Crippen molar-refractivity contribution in [3.63, 3.8) is 0 Å². The number of sulfonamides is 1. The minimum Gasteiger partial charge on any atom is -0.388 e. The fourth-order valence-corrected chi connectivity index (χ4v) is 3.33. The number of hydrogen-bond acceptors (Lipinski definition) is 3. The van der Waals surface area contributed by atoms with Gasteiger partial charge in [-0.15, -0.1) is 11.6 Å². The number of hydrogen-bond donors (Lipinski definition) is 1. The van der Waals surface area contributed by atoms with E-state index in [9.17, 15) is 8.42 Å². The average molecular weight is 275 g/mol. The first-order chi connectivity index (χ1) is 7.97. The number of nitrogens with one attached hydrogen (secondary N) is 1. The third-order valence-corrected chi connectivity index (χ3v) is 4.52. The summed E-state index contributed by atoms with van der Waals surface area (Å²) in [6.45, 7) is 0.435. The highest BCUT2D eigenvalue weighted by Crippen LogP contribution is 2.39. The fourth-order valence-electron chi connectivity index (χ4n) is 2.10. The van der Waals surface area contributed by atoms with Crippen LogP contribution >= 0.6 is 11.6 Å². The highest BCUT2D eigenvalue weighted by atomic mass is 35.5. The quantitative estimate of drug-likeness (QED) is 0.856. The van der Waals surface area contributed by atoms with Gasteiger partial charge in [-0.25, -0.2) is 8.42 Å². The standard InChI is InChI=1S/C11H15ClN2O2S/c1-13-9-3-4-10-8(6-12)7-14(11(10)5-9)17(2,15)16/h3-5,8,13H,6-7H2,1-2H3. The van der Waals surface area contributed by atoms with Crippen LogP contribution in [0.15, 0.2) is 18.2 Å². The van der Waals surface area contributed by atoms with Gasteiger partial charge >= 0.3 is 0 Å².